The van der Waals surface area contributed by atoms with Gasteiger partial charge in [-0.1, -0.05) is 42.5 Å². The van der Waals surface area contributed by atoms with Crippen LogP contribution in [0.3, 0.4) is 0 Å². The van der Waals surface area contributed by atoms with Gasteiger partial charge >= 0.3 is 0 Å². The molecule has 1 heterocycles. The first kappa shape index (κ1) is 21.9. The lowest BCUT2D eigenvalue weighted by Gasteiger charge is -2.39. The summed E-state index contributed by atoms with van der Waals surface area (Å²) in [7, 11) is 1.60. The number of rotatable bonds is 6. The summed E-state index contributed by atoms with van der Waals surface area (Å²) in [4.78, 5) is 18.0. The highest BCUT2D eigenvalue weighted by molar-refractivity contribution is 6.08. The first-order valence-corrected chi connectivity index (χ1v) is 11.1. The summed E-state index contributed by atoms with van der Waals surface area (Å²) in [6.07, 6.45) is 1.73. The number of aryl methyl sites for hydroxylation is 1. The van der Waals surface area contributed by atoms with Crippen molar-refractivity contribution in [2.75, 3.05) is 25.1 Å². The van der Waals surface area contributed by atoms with E-state index in [9.17, 15) is 9.90 Å². The van der Waals surface area contributed by atoms with Gasteiger partial charge in [0.05, 0.1) is 12.7 Å². The summed E-state index contributed by atoms with van der Waals surface area (Å²) in [5, 5.41) is 10.1. The summed E-state index contributed by atoms with van der Waals surface area (Å²) < 4.78 is 5.48. The lowest BCUT2D eigenvalue weighted by molar-refractivity contribution is 0.0955. The van der Waals surface area contributed by atoms with Crippen LogP contribution in [-0.4, -0.2) is 42.2 Å². The molecule has 5 heteroatoms. The number of carbonyl (C=O) groups excluding carboxylic acids is 1. The molecule has 1 N–H and O–H groups in total. The van der Waals surface area contributed by atoms with E-state index in [-0.39, 0.29) is 11.9 Å². The van der Waals surface area contributed by atoms with Crippen molar-refractivity contribution in [1.29, 1.82) is 0 Å². The van der Waals surface area contributed by atoms with E-state index in [0.29, 0.717) is 23.6 Å². The fourth-order valence-electron chi connectivity index (χ4n) is 4.44. The maximum atomic E-state index is 13.8. The van der Waals surface area contributed by atoms with Crippen molar-refractivity contribution in [2.24, 2.45) is 0 Å². The Balaban J connectivity index is 1.56. The first-order chi connectivity index (χ1) is 15.6. The van der Waals surface area contributed by atoms with Crippen LogP contribution in [0.2, 0.25) is 0 Å². The van der Waals surface area contributed by atoms with E-state index in [1.54, 1.807) is 13.2 Å². The van der Waals surface area contributed by atoms with Gasteiger partial charge in [-0.05, 0) is 55.7 Å². The molecule has 1 aliphatic rings. The smallest absolute Gasteiger partial charge is 0.262 e. The number of piperidine rings is 1. The Hall–Kier alpha value is -3.31. The molecule has 5 nitrogen and oxygen atoms in total. The summed E-state index contributed by atoms with van der Waals surface area (Å²) >= 11 is 0. The average molecular weight is 431 g/mol. The van der Waals surface area contributed by atoms with Crippen molar-refractivity contribution in [2.45, 2.75) is 32.4 Å². The molecule has 4 rings (SSSR count). The number of hydrogen-bond acceptors (Lipinski definition) is 4. The fraction of sp³-hybridized carbons (Fsp3) is 0.296. The van der Waals surface area contributed by atoms with Crippen LogP contribution in [-0.2, 0) is 6.54 Å². The molecule has 0 atom stereocenters. The number of phenolic OH excluding ortho intramolecular Hbond substituents is 1. The fourth-order valence-corrected chi connectivity index (χ4v) is 4.44. The van der Waals surface area contributed by atoms with Crippen molar-refractivity contribution in [3.05, 3.63) is 89.5 Å². The number of ether oxygens (including phenoxy) is 1. The number of methoxy groups -OCH3 is 1. The number of aromatic hydroxyl groups is 1. The van der Waals surface area contributed by atoms with Crippen LogP contribution >= 0.6 is 0 Å². The Morgan fingerprint density at radius 1 is 1.03 bits per heavy atom. The maximum Gasteiger partial charge on any atom is 0.262 e. The third kappa shape index (κ3) is 4.78. The van der Waals surface area contributed by atoms with Crippen molar-refractivity contribution >= 4 is 11.6 Å². The van der Waals surface area contributed by atoms with Gasteiger partial charge in [0.25, 0.3) is 5.91 Å². The highest BCUT2D eigenvalue weighted by Crippen LogP contribution is 2.30. The maximum absolute atomic E-state index is 13.8. The van der Waals surface area contributed by atoms with Crippen LogP contribution in [0.15, 0.2) is 72.8 Å². The van der Waals surface area contributed by atoms with Crippen molar-refractivity contribution in [3.63, 3.8) is 0 Å². The second kappa shape index (κ2) is 9.88. The van der Waals surface area contributed by atoms with Gasteiger partial charge in [0, 0.05) is 36.9 Å². The molecule has 0 aromatic heterocycles. The monoisotopic (exact) mass is 430 g/mol. The normalized spacial score (nSPS) is 14.8. The Labute approximate surface area is 189 Å². The number of amides is 1. The quantitative estimate of drug-likeness (QED) is 0.597. The molecule has 0 saturated carbocycles. The highest BCUT2D eigenvalue weighted by Gasteiger charge is 2.31. The SMILES string of the molecule is COc1ccccc1C(=O)N(c1cccc(C)c1)C1CCN(Cc2ccccc2O)CC1. The van der Waals surface area contributed by atoms with Crippen molar-refractivity contribution in [3.8, 4) is 11.5 Å². The minimum Gasteiger partial charge on any atom is -0.508 e. The van der Waals surface area contributed by atoms with Gasteiger partial charge in [0.2, 0.25) is 0 Å². The van der Waals surface area contributed by atoms with Gasteiger partial charge in [0.15, 0.2) is 0 Å². The largest absolute Gasteiger partial charge is 0.508 e. The number of para-hydroxylation sites is 2. The number of anilines is 1. The third-order valence-electron chi connectivity index (χ3n) is 6.14. The summed E-state index contributed by atoms with van der Waals surface area (Å²) in [5.74, 6) is 0.890. The van der Waals surface area contributed by atoms with Crippen LogP contribution in [0.5, 0.6) is 11.5 Å². The molecule has 0 spiro atoms. The van der Waals surface area contributed by atoms with Crippen LogP contribution in [0.25, 0.3) is 0 Å². The summed E-state index contributed by atoms with van der Waals surface area (Å²) in [6.45, 7) is 4.48. The average Bonchev–Trinajstić information content (AvgIpc) is 2.82. The minimum absolute atomic E-state index is 0.0350. The summed E-state index contributed by atoms with van der Waals surface area (Å²) in [6, 6.07) is 23.1. The first-order valence-electron chi connectivity index (χ1n) is 11.1. The molecule has 0 radical (unpaired) electrons. The van der Waals surface area contributed by atoms with Gasteiger partial charge in [-0.3, -0.25) is 9.69 Å². The molecule has 1 amide bonds. The third-order valence-corrected chi connectivity index (χ3v) is 6.14. The zero-order valence-electron chi connectivity index (χ0n) is 18.7. The number of likely N-dealkylation sites (tertiary alicyclic amines) is 1. The predicted octanol–water partition coefficient (Wildman–Crippen LogP) is 5.02. The van der Waals surface area contributed by atoms with E-state index in [4.69, 9.17) is 4.74 Å². The van der Waals surface area contributed by atoms with Crippen LogP contribution in [0, 0.1) is 6.92 Å². The van der Waals surface area contributed by atoms with E-state index in [2.05, 4.69) is 11.0 Å². The number of carbonyl (C=O) groups is 1. The Kier molecular flexibility index (Phi) is 6.76. The topological polar surface area (TPSA) is 53.0 Å². The van der Waals surface area contributed by atoms with E-state index in [0.717, 1.165) is 42.7 Å². The number of benzene rings is 3. The molecular formula is C27H30N2O3. The second-order valence-corrected chi connectivity index (χ2v) is 8.35. The lowest BCUT2D eigenvalue weighted by atomic mass is 9.99. The molecule has 0 aliphatic carbocycles. The van der Waals surface area contributed by atoms with Crippen LogP contribution in [0.1, 0.15) is 34.3 Å². The number of phenols is 1. The summed E-state index contributed by atoms with van der Waals surface area (Å²) in [5.41, 5.74) is 3.55. The molecule has 1 aliphatic heterocycles. The molecule has 1 fully saturated rings. The molecule has 3 aromatic rings. The lowest BCUT2D eigenvalue weighted by Crippen LogP contribution is -2.47. The zero-order valence-corrected chi connectivity index (χ0v) is 18.7. The minimum atomic E-state index is -0.0350. The van der Waals surface area contributed by atoms with Gasteiger partial charge in [-0.25, -0.2) is 0 Å². The van der Waals surface area contributed by atoms with Gasteiger partial charge in [-0.2, -0.15) is 0 Å². The molecule has 0 unspecified atom stereocenters. The Morgan fingerprint density at radius 2 is 1.75 bits per heavy atom. The predicted molar refractivity (Wildman–Crippen MR) is 127 cm³/mol. The van der Waals surface area contributed by atoms with Crippen molar-refractivity contribution < 1.29 is 14.6 Å². The molecule has 3 aromatic carbocycles. The van der Waals surface area contributed by atoms with E-state index in [1.165, 1.54) is 0 Å². The van der Waals surface area contributed by atoms with Gasteiger partial charge < -0.3 is 14.7 Å². The van der Waals surface area contributed by atoms with E-state index in [1.807, 2.05) is 72.5 Å². The molecular weight excluding hydrogens is 400 g/mol. The molecule has 166 valence electrons. The zero-order chi connectivity index (χ0) is 22.5. The van der Waals surface area contributed by atoms with E-state index < -0.39 is 0 Å². The van der Waals surface area contributed by atoms with Gasteiger partial charge in [-0.15, -0.1) is 0 Å². The van der Waals surface area contributed by atoms with Crippen LogP contribution in [0.4, 0.5) is 5.69 Å². The van der Waals surface area contributed by atoms with Crippen molar-refractivity contribution in [1.82, 2.24) is 4.90 Å². The van der Waals surface area contributed by atoms with E-state index >= 15 is 0 Å². The molecule has 1 saturated heterocycles. The second-order valence-electron chi connectivity index (χ2n) is 8.35. The van der Waals surface area contributed by atoms with Crippen LogP contribution < -0.4 is 9.64 Å². The standard InChI is InChI=1S/C27H30N2O3/c1-20-8-7-10-23(18-20)29(27(31)24-11-4-6-13-26(24)32-2)22-14-16-28(17-15-22)19-21-9-3-5-12-25(21)30/h3-13,18,22,30H,14-17,19H2,1-2H3. The molecule has 0 bridgehead atoms. The highest BCUT2D eigenvalue weighted by atomic mass is 16.5. The number of nitrogens with zero attached hydrogens (tertiary/aromatic N) is 2. The number of hydrogen-bond donors (Lipinski definition) is 1. The van der Waals surface area contributed by atoms with Gasteiger partial charge in [0.1, 0.15) is 11.5 Å². The Morgan fingerprint density at radius 3 is 2.47 bits per heavy atom. The Bertz CT molecular complexity index is 1070. The molecule has 32 heavy (non-hydrogen) atoms.